The predicted octanol–water partition coefficient (Wildman–Crippen LogP) is 3.94. The zero-order valence-electron chi connectivity index (χ0n) is 15.1. The van der Waals surface area contributed by atoms with Crippen molar-refractivity contribution in [2.75, 3.05) is 31.7 Å². The predicted molar refractivity (Wildman–Crippen MR) is 109 cm³/mol. The Morgan fingerprint density at radius 1 is 1.07 bits per heavy atom. The highest BCUT2D eigenvalue weighted by atomic mass is 32.2. The summed E-state index contributed by atoms with van der Waals surface area (Å²) in [4.78, 5) is 14.5. The molecule has 0 aliphatic carbocycles. The third kappa shape index (κ3) is 3.85. The molecule has 1 aliphatic heterocycles. The Hall–Kier alpha value is -2.73. The van der Waals surface area contributed by atoms with Gasteiger partial charge in [-0.15, -0.1) is 0 Å². The van der Waals surface area contributed by atoms with Crippen molar-refractivity contribution in [3.05, 3.63) is 60.2 Å². The summed E-state index contributed by atoms with van der Waals surface area (Å²) in [6.45, 7) is 1.66. The molecule has 6 heteroatoms. The molecule has 1 fully saturated rings. The molecule has 1 saturated heterocycles. The minimum atomic E-state index is 0.114. The van der Waals surface area contributed by atoms with Crippen molar-refractivity contribution >= 4 is 17.7 Å². The summed E-state index contributed by atoms with van der Waals surface area (Å²) in [7, 11) is 1.65. The van der Waals surface area contributed by atoms with Crippen molar-refractivity contribution in [1.82, 2.24) is 15.1 Å². The Kier molecular flexibility index (Phi) is 5.16. The Bertz CT molecular complexity index is 931. The van der Waals surface area contributed by atoms with E-state index in [1.807, 2.05) is 71.3 Å². The first-order chi connectivity index (χ1) is 13.2. The van der Waals surface area contributed by atoms with Crippen LogP contribution in [-0.2, 0) is 0 Å². The third-order valence-corrected chi connectivity index (χ3v) is 5.63. The average Bonchev–Trinajstić information content (AvgIpc) is 3.24. The summed E-state index contributed by atoms with van der Waals surface area (Å²) in [5, 5.41) is 7.49. The number of thioether (sulfide) groups is 1. The van der Waals surface area contributed by atoms with E-state index in [1.165, 1.54) is 0 Å². The molecule has 1 amide bonds. The second-order valence-electron chi connectivity index (χ2n) is 6.38. The summed E-state index contributed by atoms with van der Waals surface area (Å²) >= 11 is 1.90. The van der Waals surface area contributed by atoms with E-state index < -0.39 is 0 Å². The van der Waals surface area contributed by atoms with Crippen LogP contribution in [0.25, 0.3) is 22.5 Å². The topological polar surface area (TPSA) is 58.2 Å². The van der Waals surface area contributed by atoms with Gasteiger partial charge in [-0.2, -0.15) is 16.9 Å². The number of H-pyrrole nitrogens is 1. The molecule has 1 N–H and O–H groups in total. The van der Waals surface area contributed by atoms with Gasteiger partial charge in [-0.1, -0.05) is 24.3 Å². The van der Waals surface area contributed by atoms with Crippen LogP contribution in [0, 0.1) is 0 Å². The van der Waals surface area contributed by atoms with Gasteiger partial charge in [0.1, 0.15) is 5.75 Å². The lowest BCUT2D eigenvalue weighted by Crippen LogP contribution is -2.37. The van der Waals surface area contributed by atoms with Crippen LogP contribution in [0.5, 0.6) is 5.75 Å². The van der Waals surface area contributed by atoms with E-state index in [0.29, 0.717) is 0 Å². The molecule has 0 unspecified atom stereocenters. The Labute approximate surface area is 162 Å². The number of ether oxygens (including phenoxy) is 1. The third-order valence-electron chi connectivity index (χ3n) is 4.68. The SMILES string of the molecule is COc1cccc(-c2cc(-c3ccc(C(=O)N4CCSCC4)cc3)[nH]n2)c1. The summed E-state index contributed by atoms with van der Waals surface area (Å²) in [5.74, 6) is 2.95. The van der Waals surface area contributed by atoms with Crippen molar-refractivity contribution in [3.8, 4) is 28.3 Å². The number of methoxy groups -OCH3 is 1. The quantitative estimate of drug-likeness (QED) is 0.746. The number of rotatable bonds is 4. The van der Waals surface area contributed by atoms with Gasteiger partial charge in [0.05, 0.1) is 18.5 Å². The Balaban J connectivity index is 1.52. The second kappa shape index (κ2) is 7.88. The van der Waals surface area contributed by atoms with Crippen LogP contribution in [-0.4, -0.2) is 52.7 Å². The largest absolute Gasteiger partial charge is 0.497 e. The van der Waals surface area contributed by atoms with Crippen molar-refractivity contribution in [3.63, 3.8) is 0 Å². The molecule has 0 bridgehead atoms. The van der Waals surface area contributed by atoms with E-state index in [0.717, 1.165) is 58.4 Å². The van der Waals surface area contributed by atoms with Crippen molar-refractivity contribution in [2.24, 2.45) is 0 Å². The van der Waals surface area contributed by atoms with E-state index in [2.05, 4.69) is 10.2 Å². The van der Waals surface area contributed by atoms with E-state index in [9.17, 15) is 4.79 Å². The number of aromatic nitrogens is 2. The van der Waals surface area contributed by atoms with Gasteiger partial charge >= 0.3 is 0 Å². The number of hydrogen-bond donors (Lipinski definition) is 1. The van der Waals surface area contributed by atoms with Crippen LogP contribution < -0.4 is 4.74 Å². The van der Waals surface area contributed by atoms with Gasteiger partial charge in [-0.25, -0.2) is 0 Å². The van der Waals surface area contributed by atoms with Gasteiger partial charge in [0.2, 0.25) is 0 Å². The molecule has 27 heavy (non-hydrogen) atoms. The van der Waals surface area contributed by atoms with Crippen LogP contribution in [0.15, 0.2) is 54.6 Å². The fraction of sp³-hybridized carbons (Fsp3) is 0.238. The number of aromatic amines is 1. The molecule has 3 aromatic rings. The molecule has 1 aliphatic rings. The molecule has 0 spiro atoms. The monoisotopic (exact) mass is 379 g/mol. The maximum Gasteiger partial charge on any atom is 0.253 e. The van der Waals surface area contributed by atoms with Gasteiger partial charge in [-0.3, -0.25) is 9.89 Å². The van der Waals surface area contributed by atoms with Crippen molar-refractivity contribution in [1.29, 1.82) is 0 Å². The van der Waals surface area contributed by atoms with E-state index >= 15 is 0 Å². The first-order valence-electron chi connectivity index (χ1n) is 8.92. The highest BCUT2D eigenvalue weighted by Gasteiger charge is 2.18. The number of amides is 1. The van der Waals surface area contributed by atoms with Crippen LogP contribution in [0.4, 0.5) is 0 Å². The molecule has 4 rings (SSSR count). The smallest absolute Gasteiger partial charge is 0.253 e. The zero-order valence-corrected chi connectivity index (χ0v) is 16.0. The van der Waals surface area contributed by atoms with Crippen LogP contribution in [0.2, 0.25) is 0 Å². The second-order valence-corrected chi connectivity index (χ2v) is 7.61. The van der Waals surface area contributed by atoms with Gasteiger partial charge in [0, 0.05) is 35.7 Å². The zero-order chi connectivity index (χ0) is 18.6. The molecule has 0 radical (unpaired) electrons. The van der Waals surface area contributed by atoms with Crippen LogP contribution >= 0.6 is 11.8 Å². The maximum absolute atomic E-state index is 12.6. The fourth-order valence-corrected chi connectivity index (χ4v) is 4.04. The van der Waals surface area contributed by atoms with Gasteiger partial charge in [-0.05, 0) is 35.9 Å². The van der Waals surface area contributed by atoms with E-state index in [-0.39, 0.29) is 5.91 Å². The number of carbonyl (C=O) groups is 1. The summed E-state index contributed by atoms with van der Waals surface area (Å²) in [6.07, 6.45) is 0. The molecule has 0 saturated carbocycles. The minimum absolute atomic E-state index is 0.114. The number of hydrogen-bond acceptors (Lipinski definition) is 4. The van der Waals surface area contributed by atoms with Gasteiger partial charge in [0.25, 0.3) is 5.91 Å². The molecular weight excluding hydrogens is 358 g/mol. The van der Waals surface area contributed by atoms with Crippen molar-refractivity contribution < 1.29 is 9.53 Å². The highest BCUT2D eigenvalue weighted by Crippen LogP contribution is 2.26. The fourth-order valence-electron chi connectivity index (χ4n) is 3.14. The lowest BCUT2D eigenvalue weighted by Gasteiger charge is -2.26. The lowest BCUT2D eigenvalue weighted by atomic mass is 10.1. The normalized spacial score (nSPS) is 14.2. The summed E-state index contributed by atoms with van der Waals surface area (Å²) in [5.41, 5.74) is 4.50. The molecular formula is C21H21N3O2S. The summed E-state index contributed by atoms with van der Waals surface area (Å²) < 4.78 is 5.28. The van der Waals surface area contributed by atoms with Crippen LogP contribution in [0.3, 0.4) is 0 Å². The number of benzene rings is 2. The van der Waals surface area contributed by atoms with Gasteiger partial charge in [0.15, 0.2) is 0 Å². The maximum atomic E-state index is 12.6. The highest BCUT2D eigenvalue weighted by molar-refractivity contribution is 7.99. The molecule has 1 aromatic heterocycles. The lowest BCUT2D eigenvalue weighted by molar-refractivity contribution is 0.0772. The van der Waals surface area contributed by atoms with Gasteiger partial charge < -0.3 is 9.64 Å². The standard InChI is InChI=1S/C21H21N3O2S/c1-26-18-4-2-3-17(13-18)20-14-19(22-23-20)15-5-7-16(8-6-15)21(25)24-9-11-27-12-10-24/h2-8,13-14H,9-12H2,1H3,(H,22,23). The molecule has 138 valence electrons. The number of nitrogens with one attached hydrogen (secondary N) is 1. The van der Waals surface area contributed by atoms with Crippen LogP contribution in [0.1, 0.15) is 10.4 Å². The minimum Gasteiger partial charge on any atom is -0.497 e. The number of carbonyl (C=O) groups excluding carboxylic acids is 1. The molecule has 0 atom stereocenters. The Morgan fingerprint density at radius 3 is 2.59 bits per heavy atom. The number of nitrogens with zero attached hydrogens (tertiary/aromatic N) is 2. The first kappa shape index (κ1) is 17.7. The molecule has 2 aromatic carbocycles. The van der Waals surface area contributed by atoms with E-state index in [4.69, 9.17) is 4.74 Å². The average molecular weight is 379 g/mol. The first-order valence-corrected chi connectivity index (χ1v) is 10.1. The Morgan fingerprint density at radius 2 is 1.85 bits per heavy atom. The van der Waals surface area contributed by atoms with Crippen molar-refractivity contribution in [2.45, 2.75) is 0 Å². The summed E-state index contributed by atoms with van der Waals surface area (Å²) in [6, 6.07) is 17.5. The molecule has 5 nitrogen and oxygen atoms in total. The molecule has 2 heterocycles. The van der Waals surface area contributed by atoms with E-state index in [1.54, 1.807) is 7.11 Å².